The predicted molar refractivity (Wildman–Crippen MR) is 87.9 cm³/mol. The summed E-state index contributed by atoms with van der Waals surface area (Å²) < 4.78 is 0. The first-order valence-corrected chi connectivity index (χ1v) is 8.41. The summed E-state index contributed by atoms with van der Waals surface area (Å²) in [6.45, 7) is 4.12. The van der Waals surface area contributed by atoms with Gasteiger partial charge in [-0.1, -0.05) is 0 Å². The third-order valence-corrected chi connectivity index (χ3v) is 5.01. The van der Waals surface area contributed by atoms with E-state index in [1.165, 1.54) is 30.1 Å². The van der Waals surface area contributed by atoms with Crippen LogP contribution in [0.3, 0.4) is 0 Å². The van der Waals surface area contributed by atoms with Crippen LogP contribution in [0.15, 0.2) is 23.7 Å². The molecule has 0 aromatic carbocycles. The zero-order valence-electron chi connectivity index (χ0n) is 12.7. The molecule has 0 saturated carbocycles. The smallest absolute Gasteiger partial charge is 0.0945 e. The molecule has 0 radical (unpaired) electrons. The highest BCUT2D eigenvalue weighted by molar-refractivity contribution is 7.09. The lowest BCUT2D eigenvalue weighted by Crippen LogP contribution is -2.18. The van der Waals surface area contributed by atoms with E-state index in [2.05, 4.69) is 44.7 Å². The Labute approximate surface area is 130 Å². The second-order valence-electron chi connectivity index (χ2n) is 5.67. The Balaban J connectivity index is 1.52. The van der Waals surface area contributed by atoms with Crippen molar-refractivity contribution in [3.05, 3.63) is 40.1 Å². The summed E-state index contributed by atoms with van der Waals surface area (Å²) in [5, 5.41) is 6.71. The summed E-state index contributed by atoms with van der Waals surface area (Å²) in [7, 11) is 2.18. The van der Waals surface area contributed by atoms with E-state index in [4.69, 9.17) is 0 Å². The van der Waals surface area contributed by atoms with E-state index < -0.39 is 0 Å². The Morgan fingerprint density at radius 2 is 2.33 bits per heavy atom. The minimum absolute atomic E-state index is 0.498. The molecule has 1 unspecified atom stereocenters. The Hall–Kier alpha value is -1.46. The molecule has 2 aromatic rings. The molecule has 4 nitrogen and oxygen atoms in total. The minimum Gasteiger partial charge on any atom is -0.383 e. The van der Waals surface area contributed by atoms with E-state index in [0.29, 0.717) is 6.04 Å². The molecule has 3 rings (SSSR count). The second kappa shape index (κ2) is 6.54. The predicted octanol–water partition coefficient (Wildman–Crippen LogP) is 3.27. The molecule has 1 fully saturated rings. The van der Waals surface area contributed by atoms with Crippen LogP contribution in [0.1, 0.15) is 35.3 Å². The van der Waals surface area contributed by atoms with Gasteiger partial charge in [-0.2, -0.15) is 0 Å². The van der Waals surface area contributed by atoms with Crippen LogP contribution in [0.5, 0.6) is 0 Å². The second-order valence-corrected chi connectivity index (χ2v) is 6.61. The maximum Gasteiger partial charge on any atom is 0.0945 e. The first-order valence-electron chi connectivity index (χ1n) is 7.53. The lowest BCUT2D eigenvalue weighted by molar-refractivity contribution is 0.312. The molecule has 0 amide bonds. The van der Waals surface area contributed by atoms with Gasteiger partial charge in [0.05, 0.1) is 28.6 Å². The fourth-order valence-corrected chi connectivity index (χ4v) is 3.60. The van der Waals surface area contributed by atoms with Gasteiger partial charge in [0.1, 0.15) is 0 Å². The quantitative estimate of drug-likeness (QED) is 0.920. The van der Waals surface area contributed by atoms with Crippen molar-refractivity contribution in [2.24, 2.45) is 0 Å². The summed E-state index contributed by atoms with van der Waals surface area (Å²) in [5.74, 6) is 0. The number of rotatable bonds is 5. The molecular weight excluding hydrogens is 280 g/mol. The van der Waals surface area contributed by atoms with Crippen LogP contribution in [0.4, 0.5) is 5.69 Å². The van der Waals surface area contributed by atoms with Gasteiger partial charge in [-0.15, -0.1) is 11.3 Å². The normalized spacial score (nSPS) is 19.0. The van der Waals surface area contributed by atoms with Crippen molar-refractivity contribution < 1.29 is 0 Å². The molecule has 2 aromatic heterocycles. The number of anilines is 1. The summed E-state index contributed by atoms with van der Waals surface area (Å²) in [6.07, 6.45) is 5.41. The molecule has 112 valence electrons. The third-order valence-electron chi connectivity index (χ3n) is 3.98. The van der Waals surface area contributed by atoms with E-state index in [1.54, 1.807) is 11.3 Å². The average Bonchev–Trinajstić information content (AvgIpc) is 3.09. The maximum atomic E-state index is 4.62. The van der Waals surface area contributed by atoms with E-state index >= 15 is 0 Å². The number of nitrogens with one attached hydrogen (secondary N) is 1. The van der Waals surface area contributed by atoms with Crippen molar-refractivity contribution in [2.45, 2.75) is 32.2 Å². The first-order chi connectivity index (χ1) is 10.2. The Bertz CT molecular complexity index is 578. The van der Waals surface area contributed by atoms with Gasteiger partial charge < -0.3 is 5.32 Å². The SMILES string of the molecule is Cc1csc(CCNc2ccc(C3CCCN3C)nc2)n1. The highest BCUT2D eigenvalue weighted by Crippen LogP contribution is 2.29. The van der Waals surface area contributed by atoms with Crippen molar-refractivity contribution in [3.8, 4) is 0 Å². The zero-order valence-corrected chi connectivity index (χ0v) is 13.5. The topological polar surface area (TPSA) is 41.0 Å². The van der Waals surface area contributed by atoms with Crippen molar-refractivity contribution in [2.75, 3.05) is 25.5 Å². The number of likely N-dealkylation sites (tertiary alicyclic amines) is 1. The number of pyridine rings is 1. The Morgan fingerprint density at radius 3 is 2.95 bits per heavy atom. The van der Waals surface area contributed by atoms with Crippen molar-refractivity contribution in [1.82, 2.24) is 14.9 Å². The van der Waals surface area contributed by atoms with Gasteiger partial charge in [0, 0.05) is 24.0 Å². The van der Waals surface area contributed by atoms with Crippen LogP contribution in [-0.2, 0) is 6.42 Å². The van der Waals surface area contributed by atoms with Crippen LogP contribution in [0, 0.1) is 6.92 Å². The largest absolute Gasteiger partial charge is 0.383 e. The molecule has 0 bridgehead atoms. The number of aromatic nitrogens is 2. The number of aryl methyl sites for hydroxylation is 1. The van der Waals surface area contributed by atoms with Crippen molar-refractivity contribution in [3.63, 3.8) is 0 Å². The standard InChI is InChI=1S/C16H22N4S/c1-12-11-21-16(19-12)7-8-17-13-5-6-14(18-10-13)15-4-3-9-20(15)2/h5-6,10-11,15,17H,3-4,7-9H2,1-2H3. The van der Waals surface area contributed by atoms with E-state index in [9.17, 15) is 0 Å². The van der Waals surface area contributed by atoms with Crippen LogP contribution < -0.4 is 5.32 Å². The zero-order chi connectivity index (χ0) is 14.7. The van der Waals surface area contributed by atoms with Crippen LogP contribution in [0.25, 0.3) is 0 Å². The van der Waals surface area contributed by atoms with Gasteiger partial charge in [0.25, 0.3) is 0 Å². The van der Waals surface area contributed by atoms with Crippen LogP contribution in [0.2, 0.25) is 0 Å². The molecule has 0 aliphatic carbocycles. The fourth-order valence-electron chi connectivity index (χ4n) is 2.82. The summed E-state index contributed by atoms with van der Waals surface area (Å²) in [4.78, 5) is 11.5. The maximum absolute atomic E-state index is 4.62. The molecular formula is C16H22N4S. The summed E-state index contributed by atoms with van der Waals surface area (Å²) >= 11 is 1.73. The minimum atomic E-state index is 0.498. The molecule has 5 heteroatoms. The lowest BCUT2D eigenvalue weighted by atomic mass is 10.1. The number of thiazole rings is 1. The van der Waals surface area contributed by atoms with Gasteiger partial charge in [-0.25, -0.2) is 4.98 Å². The molecule has 1 N–H and O–H groups in total. The van der Waals surface area contributed by atoms with Crippen molar-refractivity contribution in [1.29, 1.82) is 0 Å². The molecule has 0 spiro atoms. The highest BCUT2D eigenvalue weighted by Gasteiger charge is 2.23. The molecule has 3 heterocycles. The van der Waals surface area contributed by atoms with Gasteiger partial charge in [-0.05, 0) is 45.5 Å². The molecule has 1 aliphatic heterocycles. The van der Waals surface area contributed by atoms with Gasteiger partial charge in [0.2, 0.25) is 0 Å². The highest BCUT2D eigenvalue weighted by atomic mass is 32.1. The Kier molecular flexibility index (Phi) is 4.51. The van der Waals surface area contributed by atoms with Crippen LogP contribution >= 0.6 is 11.3 Å². The van der Waals surface area contributed by atoms with Gasteiger partial charge in [-0.3, -0.25) is 9.88 Å². The average molecular weight is 302 g/mol. The van der Waals surface area contributed by atoms with Gasteiger partial charge in [0.15, 0.2) is 0 Å². The number of hydrogen-bond acceptors (Lipinski definition) is 5. The van der Waals surface area contributed by atoms with E-state index in [1.807, 2.05) is 13.1 Å². The first kappa shape index (κ1) is 14.5. The Morgan fingerprint density at radius 1 is 1.43 bits per heavy atom. The number of nitrogens with zero attached hydrogens (tertiary/aromatic N) is 3. The molecule has 1 saturated heterocycles. The van der Waals surface area contributed by atoms with Crippen LogP contribution in [-0.4, -0.2) is 35.0 Å². The van der Waals surface area contributed by atoms with E-state index in [0.717, 1.165) is 24.3 Å². The molecule has 1 atom stereocenters. The molecule has 1 aliphatic rings. The molecule has 21 heavy (non-hydrogen) atoms. The monoisotopic (exact) mass is 302 g/mol. The lowest BCUT2D eigenvalue weighted by Gasteiger charge is -2.18. The van der Waals surface area contributed by atoms with E-state index in [-0.39, 0.29) is 0 Å². The van der Waals surface area contributed by atoms with Crippen molar-refractivity contribution >= 4 is 17.0 Å². The van der Waals surface area contributed by atoms with Gasteiger partial charge >= 0.3 is 0 Å². The summed E-state index contributed by atoms with van der Waals surface area (Å²) in [6, 6.07) is 4.79. The fraction of sp³-hybridized carbons (Fsp3) is 0.500. The third kappa shape index (κ3) is 3.60. The summed E-state index contributed by atoms with van der Waals surface area (Å²) in [5.41, 5.74) is 3.39. The number of hydrogen-bond donors (Lipinski definition) is 1.